The zero-order chi connectivity index (χ0) is 41.2. The normalized spacial score (nSPS) is 13.2. The summed E-state index contributed by atoms with van der Waals surface area (Å²) >= 11 is 0. The molecule has 2 aliphatic rings. The molecule has 0 heterocycles. The van der Waals surface area contributed by atoms with E-state index < -0.39 is 5.41 Å². The fraction of sp³-hybridized carbons (Fsp3) is 0.0159. The van der Waals surface area contributed by atoms with E-state index in [1.807, 2.05) is 0 Å². The number of benzene rings is 12. The maximum atomic E-state index is 2.52. The third kappa shape index (κ3) is 4.75. The Bertz CT molecular complexity index is 3800. The van der Waals surface area contributed by atoms with Crippen LogP contribution in [0.5, 0.6) is 0 Å². The summed E-state index contributed by atoms with van der Waals surface area (Å²) in [5.74, 6) is 0. The van der Waals surface area contributed by atoms with Gasteiger partial charge in [-0.25, -0.2) is 0 Å². The molecule has 63 heavy (non-hydrogen) atoms. The monoisotopic (exact) mass is 794 g/mol. The van der Waals surface area contributed by atoms with Crippen LogP contribution in [0.25, 0.3) is 109 Å². The second-order valence-electron chi connectivity index (χ2n) is 17.5. The summed E-state index contributed by atoms with van der Waals surface area (Å²) in [6, 6.07) is 86.6. The van der Waals surface area contributed by atoms with Crippen molar-refractivity contribution in [1.82, 2.24) is 0 Å². The zero-order valence-corrected chi connectivity index (χ0v) is 34.4. The van der Waals surface area contributed by atoms with Gasteiger partial charge in [0.25, 0.3) is 0 Å². The van der Waals surface area contributed by atoms with Gasteiger partial charge in [0, 0.05) is 0 Å². The first-order valence-corrected chi connectivity index (χ1v) is 22.1. The Morgan fingerprint density at radius 2 is 0.683 bits per heavy atom. The van der Waals surface area contributed by atoms with Crippen molar-refractivity contribution in [3.63, 3.8) is 0 Å². The molecule has 2 aliphatic carbocycles. The van der Waals surface area contributed by atoms with Crippen LogP contribution >= 0.6 is 0 Å². The van der Waals surface area contributed by atoms with Gasteiger partial charge in [-0.05, 0) is 156 Å². The Labute approximate surface area is 366 Å². The van der Waals surface area contributed by atoms with E-state index in [-0.39, 0.29) is 0 Å². The molecule has 290 valence electrons. The molecule has 0 bridgehead atoms. The summed E-state index contributed by atoms with van der Waals surface area (Å²) in [6.07, 6.45) is 0. The quantitative estimate of drug-likeness (QED) is 0.156. The molecule has 0 fully saturated rings. The Hall–Kier alpha value is -8.06. The number of fused-ring (bicyclic) bond motifs is 16. The van der Waals surface area contributed by atoms with Crippen molar-refractivity contribution in [3.8, 4) is 55.6 Å². The predicted molar refractivity (Wildman–Crippen MR) is 267 cm³/mol. The highest BCUT2D eigenvalue weighted by Gasteiger charge is 2.52. The molecule has 0 atom stereocenters. The zero-order valence-electron chi connectivity index (χ0n) is 34.4. The highest BCUT2D eigenvalue weighted by molar-refractivity contribution is 6.22. The van der Waals surface area contributed by atoms with Gasteiger partial charge in [-0.3, -0.25) is 0 Å². The van der Waals surface area contributed by atoms with Crippen LogP contribution in [-0.2, 0) is 5.41 Å². The average molecular weight is 795 g/mol. The summed E-state index contributed by atoms with van der Waals surface area (Å²) in [5, 5.41) is 12.7. The highest BCUT2D eigenvalue weighted by Crippen LogP contribution is 2.64. The van der Waals surface area contributed by atoms with Crippen LogP contribution in [0, 0.1) is 0 Å². The van der Waals surface area contributed by atoms with E-state index in [4.69, 9.17) is 0 Å². The standard InChI is InChI=1S/C63H38/c1-2-15-43-35-46(32-27-39(43)13-1)61-53-21-7-5-19-51(53)60(52-20-6-8-22-54(52)61)42-28-25-40(26-29-42)44-30-31-45-37-56-55-34-33-41-14-3-4-16-48(41)62(55)63(59(56)38-47(45)36-44)57-23-11-9-17-49(57)50-18-10-12-24-58(50)63/h1-38H. The lowest BCUT2D eigenvalue weighted by Gasteiger charge is -2.31. The Morgan fingerprint density at radius 3 is 1.37 bits per heavy atom. The second kappa shape index (κ2) is 13.0. The van der Waals surface area contributed by atoms with Crippen molar-refractivity contribution in [2.75, 3.05) is 0 Å². The van der Waals surface area contributed by atoms with Crippen LogP contribution < -0.4 is 0 Å². The molecular formula is C63H38. The molecule has 12 aromatic rings. The second-order valence-corrected chi connectivity index (χ2v) is 17.5. The van der Waals surface area contributed by atoms with Crippen molar-refractivity contribution < 1.29 is 0 Å². The van der Waals surface area contributed by atoms with Gasteiger partial charge in [0.15, 0.2) is 0 Å². The van der Waals surface area contributed by atoms with Gasteiger partial charge in [0.2, 0.25) is 0 Å². The van der Waals surface area contributed by atoms with Crippen molar-refractivity contribution >= 4 is 53.9 Å². The molecule has 0 radical (unpaired) electrons. The fourth-order valence-electron chi connectivity index (χ4n) is 11.8. The van der Waals surface area contributed by atoms with Gasteiger partial charge in [0.1, 0.15) is 0 Å². The molecule has 0 heteroatoms. The first kappa shape index (κ1) is 34.6. The molecule has 0 N–H and O–H groups in total. The molecule has 0 nitrogen and oxygen atoms in total. The van der Waals surface area contributed by atoms with E-state index in [1.54, 1.807) is 0 Å². The first-order valence-electron chi connectivity index (χ1n) is 22.1. The van der Waals surface area contributed by atoms with Gasteiger partial charge in [0.05, 0.1) is 5.41 Å². The molecule has 0 saturated heterocycles. The molecule has 1 spiro atoms. The maximum Gasteiger partial charge on any atom is 0.0731 e. The van der Waals surface area contributed by atoms with Crippen molar-refractivity contribution in [1.29, 1.82) is 0 Å². The van der Waals surface area contributed by atoms with Crippen molar-refractivity contribution in [2.24, 2.45) is 0 Å². The molecule has 14 rings (SSSR count). The van der Waals surface area contributed by atoms with Crippen LogP contribution in [0.1, 0.15) is 22.3 Å². The molecule has 0 saturated carbocycles. The number of hydrogen-bond acceptors (Lipinski definition) is 0. The van der Waals surface area contributed by atoms with Crippen molar-refractivity contribution in [3.05, 3.63) is 253 Å². The van der Waals surface area contributed by atoms with Gasteiger partial charge >= 0.3 is 0 Å². The van der Waals surface area contributed by atoms with Crippen LogP contribution in [0.3, 0.4) is 0 Å². The lowest BCUT2D eigenvalue weighted by Crippen LogP contribution is -2.26. The minimum absolute atomic E-state index is 0.417. The third-order valence-corrected chi connectivity index (χ3v) is 14.4. The Kier molecular flexibility index (Phi) is 7.13. The minimum atomic E-state index is -0.417. The van der Waals surface area contributed by atoms with Gasteiger partial charge in [-0.1, -0.05) is 206 Å². The topological polar surface area (TPSA) is 0 Å². The molecule has 0 unspecified atom stereocenters. The Morgan fingerprint density at radius 1 is 0.222 bits per heavy atom. The van der Waals surface area contributed by atoms with E-state index in [9.17, 15) is 0 Å². The van der Waals surface area contributed by atoms with Crippen LogP contribution in [0.2, 0.25) is 0 Å². The summed E-state index contributed by atoms with van der Waals surface area (Å²) in [5.41, 5.74) is 17.9. The molecular weight excluding hydrogens is 757 g/mol. The largest absolute Gasteiger partial charge is 0.0731 e. The first-order chi connectivity index (χ1) is 31.2. The SMILES string of the molecule is c1ccc2c(c1)-c1ccccc1C21c2cc3cc(-c4ccc(-c5c6ccccc6c(-c6ccc7ccccc7c6)c6ccccc56)cc4)ccc3cc2-c2ccc3ccccc3c21. The van der Waals surface area contributed by atoms with Crippen LogP contribution in [-0.4, -0.2) is 0 Å². The van der Waals surface area contributed by atoms with E-state index >= 15 is 0 Å². The number of hydrogen-bond donors (Lipinski definition) is 0. The smallest absolute Gasteiger partial charge is 0.0619 e. The number of rotatable bonds is 3. The molecule has 0 aromatic heterocycles. The molecule has 0 aliphatic heterocycles. The predicted octanol–water partition coefficient (Wildman–Crippen LogP) is 16.8. The lowest BCUT2D eigenvalue weighted by molar-refractivity contribution is 0.802. The van der Waals surface area contributed by atoms with Gasteiger partial charge < -0.3 is 0 Å². The summed E-state index contributed by atoms with van der Waals surface area (Å²) in [6.45, 7) is 0. The van der Waals surface area contributed by atoms with Crippen LogP contribution in [0.4, 0.5) is 0 Å². The fourth-order valence-corrected chi connectivity index (χ4v) is 11.8. The van der Waals surface area contributed by atoms with E-state index in [1.165, 1.54) is 132 Å². The highest BCUT2D eigenvalue weighted by atomic mass is 14.5. The van der Waals surface area contributed by atoms with E-state index in [2.05, 4.69) is 231 Å². The van der Waals surface area contributed by atoms with Gasteiger partial charge in [-0.2, -0.15) is 0 Å². The average Bonchev–Trinajstić information content (AvgIpc) is 3.81. The van der Waals surface area contributed by atoms with Gasteiger partial charge in [-0.15, -0.1) is 0 Å². The maximum absolute atomic E-state index is 2.52. The summed E-state index contributed by atoms with van der Waals surface area (Å²) < 4.78 is 0. The van der Waals surface area contributed by atoms with Crippen molar-refractivity contribution in [2.45, 2.75) is 5.41 Å². The summed E-state index contributed by atoms with van der Waals surface area (Å²) in [7, 11) is 0. The molecule has 12 aromatic carbocycles. The van der Waals surface area contributed by atoms with E-state index in [0.717, 1.165) is 0 Å². The lowest BCUT2D eigenvalue weighted by atomic mass is 9.69. The van der Waals surface area contributed by atoms with Crippen LogP contribution in [0.15, 0.2) is 231 Å². The third-order valence-electron chi connectivity index (χ3n) is 14.4. The Balaban J connectivity index is 0.928. The van der Waals surface area contributed by atoms with E-state index in [0.29, 0.717) is 0 Å². The molecule has 0 amide bonds. The minimum Gasteiger partial charge on any atom is -0.0619 e. The summed E-state index contributed by atoms with van der Waals surface area (Å²) in [4.78, 5) is 0.